The molecule has 8 N–H and O–H groups in total. The molecule has 0 heterocycles. The van der Waals surface area contributed by atoms with Gasteiger partial charge in [-0.25, -0.2) is 0 Å². The molecule has 0 aliphatic rings. The van der Waals surface area contributed by atoms with Gasteiger partial charge < -0.3 is 59.2 Å². The van der Waals surface area contributed by atoms with E-state index >= 15 is 0 Å². The number of rotatable bonds is 47. The van der Waals surface area contributed by atoms with Crippen LogP contribution < -0.4 is 42.5 Å². The SMILES string of the molecule is CCCC.CCCCOCNCC=C=CNCOCC(C)CC.CCCCOCNCC=C=CNCOCCC.CCCOCNC=C=CCNCOCC.CCOCNCC=C=CNCOCC(C)CC. The van der Waals surface area contributed by atoms with Crippen molar-refractivity contribution < 1.29 is 37.9 Å². The van der Waals surface area contributed by atoms with Gasteiger partial charge in [0.2, 0.25) is 0 Å². The summed E-state index contributed by atoms with van der Waals surface area (Å²) in [4.78, 5) is 0. The van der Waals surface area contributed by atoms with E-state index in [0.717, 1.165) is 118 Å². The highest BCUT2D eigenvalue weighted by molar-refractivity contribution is 4.86. The molecule has 0 bridgehead atoms. The minimum Gasteiger partial charge on any atom is -0.367 e. The molecular formula is C56H114N8O8. The Morgan fingerprint density at radius 1 is 0.333 bits per heavy atom. The Hall–Kier alpha value is -3.20. The van der Waals surface area contributed by atoms with Crippen LogP contribution in [0.1, 0.15) is 147 Å². The Bertz CT molecular complexity index is 1210. The minimum atomic E-state index is 0.539. The molecule has 0 aromatic heterocycles. The summed E-state index contributed by atoms with van der Waals surface area (Å²) >= 11 is 0. The molecule has 0 aromatic rings. The van der Waals surface area contributed by atoms with Gasteiger partial charge in [0, 0.05) is 90.6 Å². The molecule has 0 aromatic carbocycles. The van der Waals surface area contributed by atoms with Crippen LogP contribution in [0.5, 0.6) is 0 Å². The highest BCUT2D eigenvalue weighted by Gasteiger charge is 1.97. The molecular weight excluding hydrogens is 913 g/mol. The zero-order valence-electron chi connectivity index (χ0n) is 48.3. The molecule has 0 saturated heterocycles. The van der Waals surface area contributed by atoms with Gasteiger partial charge >= 0.3 is 0 Å². The van der Waals surface area contributed by atoms with Gasteiger partial charge in [-0.15, -0.1) is 22.9 Å². The fourth-order valence-corrected chi connectivity index (χ4v) is 3.95. The maximum atomic E-state index is 5.44. The van der Waals surface area contributed by atoms with E-state index < -0.39 is 0 Å². The monoisotopic (exact) mass is 1030 g/mol. The number of ether oxygens (including phenoxy) is 8. The number of hydrogen-bond acceptors (Lipinski definition) is 16. The van der Waals surface area contributed by atoms with E-state index in [1.54, 1.807) is 24.8 Å². The Kier molecular flexibility index (Phi) is 88.3. The second kappa shape index (κ2) is 81.8. The smallest absolute Gasteiger partial charge is 0.116 e. The zero-order chi connectivity index (χ0) is 54.2. The standard InChI is InChI=1S/C15H30N2O2.2C13H26N2O2.C11H22N2O2.C4H10/c1-4-6-11-18-13-16-9-7-8-10-17-14-19-12-15(3)5-2;1-4-13(3)10-17-12-15-9-7-6-8-14-11-16-5-2;1-3-5-11-17-13-15-9-7-6-8-14-12-16-10-4-2;1-3-9-15-11-13-8-6-5-7-12-10-14-4-2;1-3-4-2/h7,10,15-17H,4-6,9,11-14H2,1-3H3;6,9,13-15H,4-5,8,10-12H2,1-3H3;7-8,14-15H,3-5,9-13H2,1-2H3;5,8,12-13H,3-4,7,9-11H2,1-2H3;3-4H2,1-2H3. The average Bonchev–Trinajstić information content (AvgIpc) is 3.40. The van der Waals surface area contributed by atoms with Crippen LogP contribution in [0, 0.1) is 11.8 Å². The third-order valence-electron chi connectivity index (χ3n) is 8.84. The number of unbranched alkanes of at least 4 members (excludes halogenated alkanes) is 3. The quantitative estimate of drug-likeness (QED) is 0.0165. The highest BCUT2D eigenvalue weighted by Crippen LogP contribution is 2.00. The van der Waals surface area contributed by atoms with Crippen LogP contribution in [0.4, 0.5) is 0 Å². The van der Waals surface area contributed by atoms with Crippen LogP contribution in [-0.4, -0.2) is 133 Å². The molecule has 0 radical (unpaired) electrons. The van der Waals surface area contributed by atoms with E-state index in [4.69, 9.17) is 37.9 Å². The van der Waals surface area contributed by atoms with Crippen LogP contribution in [0.15, 0.2) is 72.0 Å². The summed E-state index contributed by atoms with van der Waals surface area (Å²) in [5.74, 6) is 1.25. The van der Waals surface area contributed by atoms with Crippen molar-refractivity contribution in [2.45, 2.75) is 147 Å². The summed E-state index contributed by atoms with van der Waals surface area (Å²) in [6, 6.07) is 0. The summed E-state index contributed by atoms with van der Waals surface area (Å²) in [7, 11) is 0. The molecule has 0 aliphatic heterocycles. The summed E-state index contributed by atoms with van der Waals surface area (Å²) in [5, 5.41) is 24.5. The summed E-state index contributed by atoms with van der Waals surface area (Å²) in [5.41, 5.74) is 12.0. The Morgan fingerprint density at radius 2 is 0.625 bits per heavy atom. The summed E-state index contributed by atoms with van der Waals surface area (Å²) in [6.45, 7) is 39.4. The third-order valence-corrected chi connectivity index (χ3v) is 8.84. The first-order valence-corrected chi connectivity index (χ1v) is 27.3. The minimum absolute atomic E-state index is 0.539. The van der Waals surface area contributed by atoms with Gasteiger partial charge in [-0.05, 0) is 75.7 Å². The van der Waals surface area contributed by atoms with Crippen molar-refractivity contribution in [1.82, 2.24) is 42.5 Å². The molecule has 0 amide bonds. The average molecular weight is 1030 g/mol. The van der Waals surface area contributed by atoms with Crippen molar-refractivity contribution in [3.63, 3.8) is 0 Å². The first-order valence-electron chi connectivity index (χ1n) is 27.3. The molecule has 0 fully saturated rings. The highest BCUT2D eigenvalue weighted by atomic mass is 16.5. The van der Waals surface area contributed by atoms with E-state index in [-0.39, 0.29) is 0 Å². The largest absolute Gasteiger partial charge is 0.367 e. The Balaban J connectivity index is -0.000000270. The van der Waals surface area contributed by atoms with Crippen LogP contribution in [0.2, 0.25) is 0 Å². The molecule has 16 nitrogen and oxygen atoms in total. The molecule has 0 saturated carbocycles. The molecule has 0 spiro atoms. The van der Waals surface area contributed by atoms with E-state index in [2.05, 4.69) is 135 Å². The predicted octanol–water partition coefficient (Wildman–Crippen LogP) is 9.49. The van der Waals surface area contributed by atoms with E-state index in [9.17, 15) is 0 Å². The number of hydrogen-bond donors (Lipinski definition) is 8. The lowest BCUT2D eigenvalue weighted by Gasteiger charge is -2.08. The zero-order valence-corrected chi connectivity index (χ0v) is 48.3. The van der Waals surface area contributed by atoms with Crippen molar-refractivity contribution >= 4 is 0 Å². The van der Waals surface area contributed by atoms with Crippen molar-refractivity contribution in [1.29, 1.82) is 0 Å². The van der Waals surface area contributed by atoms with Gasteiger partial charge in [0.05, 0.1) is 40.1 Å². The molecule has 2 atom stereocenters. The second-order valence-electron chi connectivity index (χ2n) is 15.9. The van der Waals surface area contributed by atoms with Crippen LogP contribution in [0.3, 0.4) is 0 Å². The van der Waals surface area contributed by atoms with Crippen molar-refractivity contribution in [3.05, 3.63) is 72.0 Å². The fraction of sp³-hybridized carbons (Fsp3) is 0.786. The van der Waals surface area contributed by atoms with E-state index in [1.807, 2.05) is 38.2 Å². The molecule has 426 valence electrons. The van der Waals surface area contributed by atoms with Gasteiger partial charge in [0.25, 0.3) is 0 Å². The second-order valence-corrected chi connectivity index (χ2v) is 15.9. The van der Waals surface area contributed by atoms with Gasteiger partial charge in [0.15, 0.2) is 0 Å². The third kappa shape index (κ3) is 92.9. The first kappa shape index (κ1) is 77.7. The van der Waals surface area contributed by atoms with Gasteiger partial charge in [-0.3, -0.25) is 21.3 Å². The topological polar surface area (TPSA) is 170 Å². The molecule has 0 rings (SSSR count). The molecule has 0 aliphatic carbocycles. The predicted molar refractivity (Wildman–Crippen MR) is 303 cm³/mol. The van der Waals surface area contributed by atoms with Crippen LogP contribution in [-0.2, 0) is 37.9 Å². The maximum Gasteiger partial charge on any atom is 0.116 e. The summed E-state index contributed by atoms with van der Waals surface area (Å²) < 4.78 is 42.2. The van der Waals surface area contributed by atoms with Gasteiger partial charge in [-0.1, -0.05) is 108 Å². The fourth-order valence-electron chi connectivity index (χ4n) is 3.95. The van der Waals surface area contributed by atoms with Crippen molar-refractivity contribution in [2.24, 2.45) is 11.8 Å². The van der Waals surface area contributed by atoms with E-state index in [0.29, 0.717) is 65.7 Å². The normalized spacial score (nSPS) is 10.6. The molecule has 2 unspecified atom stereocenters. The van der Waals surface area contributed by atoms with Crippen LogP contribution in [0.25, 0.3) is 0 Å². The van der Waals surface area contributed by atoms with Gasteiger partial charge in [-0.2, -0.15) is 0 Å². The Labute approximate surface area is 443 Å². The maximum absolute atomic E-state index is 5.44. The van der Waals surface area contributed by atoms with E-state index in [1.165, 1.54) is 25.7 Å². The molecule has 16 heteroatoms. The number of nitrogens with one attached hydrogen (secondary N) is 8. The van der Waals surface area contributed by atoms with Crippen molar-refractivity contribution in [2.75, 3.05) is 133 Å². The Morgan fingerprint density at radius 3 is 0.889 bits per heavy atom. The lowest BCUT2D eigenvalue weighted by molar-refractivity contribution is 0.0960. The van der Waals surface area contributed by atoms with Crippen LogP contribution >= 0.6 is 0 Å². The lowest BCUT2D eigenvalue weighted by atomic mass is 10.1. The van der Waals surface area contributed by atoms with Gasteiger partial charge in [0.1, 0.15) is 26.9 Å². The van der Waals surface area contributed by atoms with Crippen molar-refractivity contribution in [3.8, 4) is 0 Å². The first-order chi connectivity index (χ1) is 35.4. The molecule has 72 heavy (non-hydrogen) atoms. The lowest BCUT2D eigenvalue weighted by Crippen LogP contribution is -2.18. The summed E-state index contributed by atoms with van der Waals surface area (Å²) in [6.07, 6.45) is 26.3.